The predicted octanol–water partition coefficient (Wildman–Crippen LogP) is 2.99. The zero-order valence-corrected chi connectivity index (χ0v) is 27.8. The molecule has 1 aliphatic heterocycles. The minimum atomic E-state index is -1.66. The van der Waals surface area contributed by atoms with E-state index in [1.54, 1.807) is 0 Å². The van der Waals surface area contributed by atoms with Gasteiger partial charge in [-0.25, -0.2) is 0 Å². The number of aliphatic hydroxyl groups is 7. The minimum absolute atomic E-state index is 0.175. The molecule has 1 amide bonds. The van der Waals surface area contributed by atoms with E-state index in [1.807, 2.05) is 12.2 Å². The van der Waals surface area contributed by atoms with Gasteiger partial charge < -0.3 is 50.5 Å². The van der Waals surface area contributed by atoms with E-state index in [2.05, 4.69) is 19.2 Å². The molecule has 1 rings (SSSR count). The number of ether oxygens (including phenoxy) is 2. The molecule has 0 aliphatic carbocycles. The summed E-state index contributed by atoms with van der Waals surface area (Å²) in [5, 5.41) is 74.7. The summed E-state index contributed by atoms with van der Waals surface area (Å²) in [7, 11) is 0. The standard InChI is InChI=1S/C34H65NO10/c1-3-5-7-9-11-13-14-16-17-19-21-26(37)29(39)25(24-44-34-32(42)31(41)30(40)28(23-36)45-34)35-33(43)27(38)22-20-18-15-12-10-8-6-4-2/h15,18,25-32,34,36-42H,3-14,16-17,19-24H2,1-2H3,(H,35,43)/b18-15-. The molecule has 9 atom stereocenters. The van der Waals surface area contributed by atoms with Crippen LogP contribution in [0.3, 0.4) is 0 Å². The number of aliphatic hydroxyl groups excluding tert-OH is 7. The largest absolute Gasteiger partial charge is 0.394 e. The Balaban J connectivity index is 2.67. The first-order valence-corrected chi connectivity index (χ1v) is 17.6. The molecule has 0 saturated carbocycles. The third-order valence-corrected chi connectivity index (χ3v) is 8.58. The summed E-state index contributed by atoms with van der Waals surface area (Å²) in [5.74, 6) is -0.737. The summed E-state index contributed by atoms with van der Waals surface area (Å²) in [5.41, 5.74) is 0. The Morgan fingerprint density at radius 1 is 0.756 bits per heavy atom. The van der Waals surface area contributed by atoms with Gasteiger partial charge in [-0.2, -0.15) is 0 Å². The van der Waals surface area contributed by atoms with Crippen LogP contribution in [0.15, 0.2) is 12.2 Å². The van der Waals surface area contributed by atoms with Crippen LogP contribution in [0.25, 0.3) is 0 Å². The average Bonchev–Trinajstić information content (AvgIpc) is 3.04. The molecule has 0 spiro atoms. The molecule has 266 valence electrons. The number of carbonyl (C=O) groups excluding carboxylic acids is 1. The molecule has 1 fully saturated rings. The molecule has 11 heteroatoms. The maximum absolute atomic E-state index is 12.9. The molecule has 11 nitrogen and oxygen atoms in total. The molecule has 8 N–H and O–H groups in total. The molecule has 9 unspecified atom stereocenters. The Labute approximate surface area is 271 Å². The van der Waals surface area contributed by atoms with E-state index in [9.17, 15) is 40.5 Å². The first-order chi connectivity index (χ1) is 21.7. The SMILES string of the molecule is CCCCCC/C=C\CCC(O)C(=O)NC(COC1OC(CO)C(O)C(O)C1O)C(O)C(O)CCCCCCCCCCCC. The summed E-state index contributed by atoms with van der Waals surface area (Å²) < 4.78 is 11.0. The van der Waals surface area contributed by atoms with Crippen molar-refractivity contribution in [2.75, 3.05) is 13.2 Å². The Morgan fingerprint density at radius 3 is 1.91 bits per heavy atom. The number of allylic oxidation sites excluding steroid dienone is 2. The van der Waals surface area contributed by atoms with Gasteiger partial charge in [-0.05, 0) is 32.1 Å². The quantitative estimate of drug-likeness (QED) is 0.0486. The molecule has 0 bridgehead atoms. The average molecular weight is 648 g/mol. The number of nitrogens with one attached hydrogen (secondary N) is 1. The van der Waals surface area contributed by atoms with E-state index < -0.39 is 74.2 Å². The third kappa shape index (κ3) is 17.5. The first kappa shape index (κ1) is 41.9. The Morgan fingerprint density at radius 2 is 1.31 bits per heavy atom. The van der Waals surface area contributed by atoms with Crippen molar-refractivity contribution in [1.29, 1.82) is 0 Å². The smallest absolute Gasteiger partial charge is 0.249 e. The maximum atomic E-state index is 12.9. The molecule has 0 aromatic rings. The molecule has 45 heavy (non-hydrogen) atoms. The Kier molecular flexibility index (Phi) is 24.1. The topological polar surface area (TPSA) is 189 Å². The third-order valence-electron chi connectivity index (χ3n) is 8.58. The fourth-order valence-electron chi connectivity index (χ4n) is 5.50. The summed E-state index contributed by atoms with van der Waals surface area (Å²) >= 11 is 0. The van der Waals surface area contributed by atoms with E-state index in [0.717, 1.165) is 32.1 Å². The van der Waals surface area contributed by atoms with Gasteiger partial charge in [0.1, 0.15) is 36.6 Å². The number of carbonyl (C=O) groups is 1. The number of hydrogen-bond acceptors (Lipinski definition) is 10. The van der Waals surface area contributed by atoms with Crippen LogP contribution in [-0.2, 0) is 14.3 Å². The van der Waals surface area contributed by atoms with Crippen molar-refractivity contribution >= 4 is 5.91 Å². The second-order valence-electron chi connectivity index (χ2n) is 12.6. The van der Waals surface area contributed by atoms with Gasteiger partial charge in [0.25, 0.3) is 0 Å². The van der Waals surface area contributed by atoms with Crippen LogP contribution in [0.4, 0.5) is 0 Å². The van der Waals surface area contributed by atoms with E-state index in [-0.39, 0.29) is 6.42 Å². The number of amides is 1. The molecule has 1 saturated heterocycles. The van der Waals surface area contributed by atoms with E-state index in [4.69, 9.17) is 9.47 Å². The number of hydrogen-bond donors (Lipinski definition) is 8. The van der Waals surface area contributed by atoms with Crippen LogP contribution in [0.1, 0.15) is 129 Å². The van der Waals surface area contributed by atoms with Gasteiger partial charge in [0.05, 0.1) is 25.4 Å². The Bertz CT molecular complexity index is 754. The van der Waals surface area contributed by atoms with Crippen LogP contribution in [0.2, 0.25) is 0 Å². The van der Waals surface area contributed by atoms with Crippen molar-refractivity contribution in [1.82, 2.24) is 5.32 Å². The van der Waals surface area contributed by atoms with Crippen molar-refractivity contribution in [2.45, 2.75) is 184 Å². The van der Waals surface area contributed by atoms with Gasteiger partial charge in [-0.15, -0.1) is 0 Å². The van der Waals surface area contributed by atoms with Crippen LogP contribution in [-0.4, -0.2) is 110 Å². The predicted molar refractivity (Wildman–Crippen MR) is 173 cm³/mol. The van der Waals surface area contributed by atoms with E-state index in [1.165, 1.54) is 57.8 Å². The molecular formula is C34H65NO10. The zero-order chi connectivity index (χ0) is 33.5. The van der Waals surface area contributed by atoms with Gasteiger partial charge in [0.2, 0.25) is 5.91 Å². The van der Waals surface area contributed by atoms with Gasteiger partial charge in [-0.1, -0.05) is 109 Å². The molecule has 0 radical (unpaired) electrons. The van der Waals surface area contributed by atoms with Crippen molar-refractivity contribution < 1.29 is 50.0 Å². The lowest BCUT2D eigenvalue weighted by Crippen LogP contribution is -2.60. The van der Waals surface area contributed by atoms with Gasteiger partial charge in [0.15, 0.2) is 6.29 Å². The zero-order valence-electron chi connectivity index (χ0n) is 27.8. The molecular weight excluding hydrogens is 582 g/mol. The second kappa shape index (κ2) is 25.9. The van der Waals surface area contributed by atoms with Crippen LogP contribution in [0, 0.1) is 0 Å². The molecule has 1 heterocycles. The second-order valence-corrected chi connectivity index (χ2v) is 12.6. The highest BCUT2D eigenvalue weighted by Gasteiger charge is 2.44. The molecule has 1 aliphatic rings. The van der Waals surface area contributed by atoms with Crippen molar-refractivity contribution in [3.8, 4) is 0 Å². The fraction of sp³-hybridized carbons (Fsp3) is 0.912. The van der Waals surface area contributed by atoms with E-state index >= 15 is 0 Å². The lowest BCUT2D eigenvalue weighted by molar-refractivity contribution is -0.303. The highest BCUT2D eigenvalue weighted by molar-refractivity contribution is 5.80. The van der Waals surface area contributed by atoms with Gasteiger partial charge in [-0.3, -0.25) is 4.79 Å². The summed E-state index contributed by atoms with van der Waals surface area (Å²) in [4.78, 5) is 12.9. The number of unbranched alkanes of at least 4 members (excludes halogenated alkanes) is 13. The fourth-order valence-corrected chi connectivity index (χ4v) is 5.50. The lowest BCUT2D eigenvalue weighted by Gasteiger charge is -2.40. The monoisotopic (exact) mass is 647 g/mol. The Hall–Kier alpha value is -1.15. The lowest BCUT2D eigenvalue weighted by atomic mass is 9.98. The summed E-state index contributed by atoms with van der Waals surface area (Å²) in [6.45, 7) is 3.29. The number of rotatable bonds is 27. The molecule has 0 aromatic heterocycles. The highest BCUT2D eigenvalue weighted by Crippen LogP contribution is 2.23. The highest BCUT2D eigenvalue weighted by atomic mass is 16.7. The minimum Gasteiger partial charge on any atom is -0.394 e. The van der Waals surface area contributed by atoms with Crippen LogP contribution < -0.4 is 5.32 Å². The van der Waals surface area contributed by atoms with E-state index in [0.29, 0.717) is 19.3 Å². The summed E-state index contributed by atoms with van der Waals surface area (Å²) in [6.07, 6.45) is 10.3. The summed E-state index contributed by atoms with van der Waals surface area (Å²) in [6, 6.07) is -1.17. The first-order valence-electron chi connectivity index (χ1n) is 17.6. The normalized spacial score (nSPS) is 24.9. The van der Waals surface area contributed by atoms with Crippen molar-refractivity contribution in [3.05, 3.63) is 12.2 Å². The van der Waals surface area contributed by atoms with Crippen molar-refractivity contribution in [3.63, 3.8) is 0 Å². The molecule has 0 aromatic carbocycles. The van der Waals surface area contributed by atoms with Crippen molar-refractivity contribution in [2.24, 2.45) is 0 Å². The van der Waals surface area contributed by atoms with Gasteiger partial charge in [0, 0.05) is 0 Å². The van der Waals surface area contributed by atoms with Crippen LogP contribution >= 0.6 is 0 Å². The van der Waals surface area contributed by atoms with Gasteiger partial charge >= 0.3 is 0 Å². The van der Waals surface area contributed by atoms with Crippen LogP contribution in [0.5, 0.6) is 0 Å². The maximum Gasteiger partial charge on any atom is 0.249 e.